The molecule has 0 aliphatic rings. The summed E-state index contributed by atoms with van der Waals surface area (Å²) in [4.78, 5) is 14.6. The first kappa shape index (κ1) is 9.31. The molecule has 0 bridgehead atoms. The number of nitrogens with two attached hydrogens (primary N) is 1. The molecule has 0 spiro atoms. The van der Waals surface area contributed by atoms with Crippen LogP contribution in [0.4, 0.5) is 5.69 Å². The number of ether oxygens (including phenoxy) is 1. The molecule has 13 heavy (non-hydrogen) atoms. The van der Waals surface area contributed by atoms with Crippen molar-refractivity contribution < 1.29 is 9.53 Å². The van der Waals surface area contributed by atoms with E-state index in [4.69, 9.17) is 10.5 Å². The highest BCUT2D eigenvalue weighted by Gasteiger charge is 1.99. The number of anilines is 1. The number of nitrogens with one attached hydrogen (secondary N) is 1. The number of hydrogen-bond donors (Lipinski definition) is 2. The number of pyridine rings is 1. The number of rotatable bonds is 3. The fraction of sp³-hybridized carbons (Fsp3) is 0.250. The highest BCUT2D eigenvalue weighted by molar-refractivity contribution is 5.77. The fourth-order valence-electron chi connectivity index (χ4n) is 0.736. The van der Waals surface area contributed by atoms with Crippen molar-refractivity contribution in [3.63, 3.8) is 0 Å². The van der Waals surface area contributed by atoms with Crippen molar-refractivity contribution in [3.8, 4) is 5.75 Å². The minimum Gasteiger partial charge on any atom is -0.482 e. The fourth-order valence-corrected chi connectivity index (χ4v) is 0.736. The summed E-state index contributed by atoms with van der Waals surface area (Å²) in [6.07, 6.45) is 3.01. The van der Waals surface area contributed by atoms with E-state index in [-0.39, 0.29) is 12.5 Å². The quantitative estimate of drug-likeness (QED) is 0.676. The molecule has 5 heteroatoms. The molecule has 0 fully saturated rings. The summed E-state index contributed by atoms with van der Waals surface area (Å²) in [5, 5.41) is 2.43. The van der Waals surface area contributed by atoms with Gasteiger partial charge in [0.1, 0.15) is 5.75 Å². The maximum Gasteiger partial charge on any atom is 0.257 e. The molecule has 5 nitrogen and oxygen atoms in total. The topological polar surface area (TPSA) is 77.2 Å². The van der Waals surface area contributed by atoms with Crippen LogP contribution < -0.4 is 15.8 Å². The van der Waals surface area contributed by atoms with Crippen molar-refractivity contribution in [2.45, 2.75) is 0 Å². The number of carbonyl (C=O) groups is 1. The van der Waals surface area contributed by atoms with E-state index in [1.165, 1.54) is 12.4 Å². The van der Waals surface area contributed by atoms with Gasteiger partial charge in [0.25, 0.3) is 5.91 Å². The Bertz CT molecular complexity index is 301. The zero-order chi connectivity index (χ0) is 9.68. The first-order valence-electron chi connectivity index (χ1n) is 3.76. The van der Waals surface area contributed by atoms with Gasteiger partial charge in [-0.2, -0.15) is 0 Å². The number of nitrogens with zero attached hydrogens (tertiary/aromatic N) is 1. The van der Waals surface area contributed by atoms with Gasteiger partial charge in [-0.15, -0.1) is 0 Å². The summed E-state index contributed by atoms with van der Waals surface area (Å²) in [5.74, 6) is 0.297. The van der Waals surface area contributed by atoms with Crippen LogP contribution in [0, 0.1) is 0 Å². The first-order chi connectivity index (χ1) is 6.22. The van der Waals surface area contributed by atoms with Gasteiger partial charge >= 0.3 is 0 Å². The van der Waals surface area contributed by atoms with Crippen LogP contribution in [0.2, 0.25) is 0 Å². The van der Waals surface area contributed by atoms with Crippen LogP contribution in [-0.2, 0) is 4.79 Å². The lowest BCUT2D eigenvalue weighted by molar-refractivity contribution is -0.122. The van der Waals surface area contributed by atoms with E-state index in [9.17, 15) is 4.79 Å². The van der Waals surface area contributed by atoms with E-state index in [1.807, 2.05) is 0 Å². The van der Waals surface area contributed by atoms with E-state index < -0.39 is 0 Å². The minimum absolute atomic E-state index is 0.0262. The number of hydrogen-bond acceptors (Lipinski definition) is 4. The predicted molar refractivity (Wildman–Crippen MR) is 48.2 cm³/mol. The molecule has 0 aliphatic heterocycles. The molecule has 1 aromatic rings. The SMILES string of the molecule is CNC(=O)COc1cncc(N)c1. The second-order valence-electron chi connectivity index (χ2n) is 2.42. The van der Waals surface area contributed by atoms with Gasteiger partial charge in [0.2, 0.25) is 0 Å². The molecule has 0 atom stereocenters. The van der Waals surface area contributed by atoms with Crippen LogP contribution in [-0.4, -0.2) is 24.5 Å². The lowest BCUT2D eigenvalue weighted by atomic mass is 10.4. The van der Waals surface area contributed by atoms with E-state index in [1.54, 1.807) is 13.1 Å². The third-order valence-corrected chi connectivity index (χ3v) is 1.38. The van der Waals surface area contributed by atoms with Crippen LogP contribution in [0.15, 0.2) is 18.5 Å². The van der Waals surface area contributed by atoms with Crippen molar-refractivity contribution in [2.24, 2.45) is 0 Å². The predicted octanol–water partition coefficient (Wildman–Crippen LogP) is -0.211. The first-order valence-corrected chi connectivity index (χ1v) is 3.76. The minimum atomic E-state index is -0.192. The van der Waals surface area contributed by atoms with Crippen LogP contribution >= 0.6 is 0 Å². The number of likely N-dealkylation sites (N-methyl/N-ethyl adjacent to an activating group) is 1. The molecule has 1 heterocycles. The Morgan fingerprint density at radius 3 is 3.08 bits per heavy atom. The van der Waals surface area contributed by atoms with Gasteiger partial charge in [-0.05, 0) is 0 Å². The maximum absolute atomic E-state index is 10.8. The normalized spacial score (nSPS) is 9.31. The standard InChI is InChI=1S/C8H11N3O2/c1-10-8(12)5-13-7-2-6(9)3-11-4-7/h2-4H,5,9H2,1H3,(H,10,12). The highest BCUT2D eigenvalue weighted by atomic mass is 16.5. The lowest BCUT2D eigenvalue weighted by Gasteiger charge is -2.04. The third-order valence-electron chi connectivity index (χ3n) is 1.38. The Balaban J connectivity index is 2.50. The molecule has 0 aromatic carbocycles. The molecule has 0 unspecified atom stereocenters. The number of aromatic nitrogens is 1. The molecule has 1 rings (SSSR count). The summed E-state index contributed by atoms with van der Waals surface area (Å²) in [6.45, 7) is -0.0262. The smallest absolute Gasteiger partial charge is 0.257 e. The van der Waals surface area contributed by atoms with E-state index in [2.05, 4.69) is 10.3 Å². The zero-order valence-electron chi connectivity index (χ0n) is 7.28. The summed E-state index contributed by atoms with van der Waals surface area (Å²) < 4.78 is 5.08. The molecule has 0 saturated heterocycles. The molecule has 0 radical (unpaired) electrons. The molecule has 0 aliphatic carbocycles. The summed E-state index contributed by atoms with van der Waals surface area (Å²) in [7, 11) is 1.54. The zero-order valence-corrected chi connectivity index (χ0v) is 7.28. The molecular weight excluding hydrogens is 170 g/mol. The Morgan fingerprint density at radius 1 is 1.69 bits per heavy atom. The Labute approximate surface area is 75.9 Å². The Hall–Kier alpha value is -1.78. The molecule has 70 valence electrons. The van der Waals surface area contributed by atoms with Crippen molar-refractivity contribution in [3.05, 3.63) is 18.5 Å². The van der Waals surface area contributed by atoms with Gasteiger partial charge in [0.15, 0.2) is 6.61 Å². The summed E-state index contributed by atoms with van der Waals surface area (Å²) in [6, 6.07) is 1.61. The van der Waals surface area contributed by atoms with E-state index in [0.29, 0.717) is 11.4 Å². The molecule has 1 aromatic heterocycles. The van der Waals surface area contributed by atoms with Gasteiger partial charge in [-0.1, -0.05) is 0 Å². The second-order valence-corrected chi connectivity index (χ2v) is 2.42. The summed E-state index contributed by atoms with van der Waals surface area (Å²) in [5.41, 5.74) is 5.96. The average molecular weight is 181 g/mol. The van der Waals surface area contributed by atoms with Gasteiger partial charge in [-0.3, -0.25) is 9.78 Å². The van der Waals surface area contributed by atoms with Crippen molar-refractivity contribution in [1.29, 1.82) is 0 Å². The lowest BCUT2D eigenvalue weighted by Crippen LogP contribution is -2.24. The Morgan fingerprint density at radius 2 is 2.46 bits per heavy atom. The molecular formula is C8H11N3O2. The number of amides is 1. The molecule has 3 N–H and O–H groups in total. The monoisotopic (exact) mass is 181 g/mol. The van der Waals surface area contributed by atoms with E-state index in [0.717, 1.165) is 0 Å². The molecule has 0 saturated carbocycles. The van der Waals surface area contributed by atoms with Crippen LogP contribution in [0.1, 0.15) is 0 Å². The highest BCUT2D eigenvalue weighted by Crippen LogP contribution is 2.11. The number of nitrogen functional groups attached to an aromatic ring is 1. The van der Waals surface area contributed by atoms with Crippen molar-refractivity contribution in [2.75, 3.05) is 19.4 Å². The maximum atomic E-state index is 10.8. The molecule has 1 amide bonds. The number of carbonyl (C=O) groups excluding carboxylic acids is 1. The average Bonchev–Trinajstić information content (AvgIpc) is 2.14. The van der Waals surface area contributed by atoms with Crippen molar-refractivity contribution in [1.82, 2.24) is 10.3 Å². The van der Waals surface area contributed by atoms with Crippen LogP contribution in [0.25, 0.3) is 0 Å². The Kier molecular flexibility index (Phi) is 3.08. The van der Waals surface area contributed by atoms with Crippen LogP contribution in [0.5, 0.6) is 5.75 Å². The third kappa shape index (κ3) is 2.98. The van der Waals surface area contributed by atoms with Crippen molar-refractivity contribution >= 4 is 11.6 Å². The van der Waals surface area contributed by atoms with Crippen LogP contribution in [0.3, 0.4) is 0 Å². The van der Waals surface area contributed by atoms with Gasteiger partial charge in [0.05, 0.1) is 18.1 Å². The van der Waals surface area contributed by atoms with Gasteiger partial charge in [-0.25, -0.2) is 0 Å². The van der Waals surface area contributed by atoms with E-state index >= 15 is 0 Å². The largest absolute Gasteiger partial charge is 0.482 e. The van der Waals surface area contributed by atoms with Gasteiger partial charge < -0.3 is 15.8 Å². The second kappa shape index (κ2) is 4.30. The summed E-state index contributed by atoms with van der Waals surface area (Å²) >= 11 is 0. The van der Waals surface area contributed by atoms with Gasteiger partial charge in [0, 0.05) is 13.1 Å².